The fourth-order valence-corrected chi connectivity index (χ4v) is 3.35. The quantitative estimate of drug-likeness (QED) is 0.808. The molecule has 0 unspecified atom stereocenters. The highest BCUT2D eigenvalue weighted by Crippen LogP contribution is 2.37. The standard InChI is InChI=1S/C17H22ClN5O2/c1-10-6-16(22-17(20)21-10)23-4-3-5-25-9-14(23)11-7-15(24-2)13(19)8-12(11)18/h6-8,14H,3-5,9,19H2,1-2H3,(H2,20,21,22)/t14-/m0/s1. The van der Waals surface area contributed by atoms with Gasteiger partial charge in [-0.2, -0.15) is 4.98 Å². The van der Waals surface area contributed by atoms with Gasteiger partial charge in [-0.1, -0.05) is 11.6 Å². The summed E-state index contributed by atoms with van der Waals surface area (Å²) in [4.78, 5) is 10.7. The molecule has 1 aliphatic rings. The van der Waals surface area contributed by atoms with Gasteiger partial charge in [-0.15, -0.1) is 0 Å². The van der Waals surface area contributed by atoms with Gasteiger partial charge in [-0.3, -0.25) is 0 Å². The van der Waals surface area contributed by atoms with Crippen LogP contribution in [0.4, 0.5) is 17.5 Å². The Kier molecular flexibility index (Phi) is 5.15. The van der Waals surface area contributed by atoms with Crippen LogP contribution < -0.4 is 21.1 Å². The number of halogens is 1. The number of ether oxygens (including phenoxy) is 2. The second kappa shape index (κ2) is 7.33. The predicted octanol–water partition coefficient (Wildman–Crippen LogP) is 2.58. The number of nitrogen functional groups attached to an aromatic ring is 2. The van der Waals surface area contributed by atoms with E-state index in [-0.39, 0.29) is 12.0 Å². The normalized spacial score (nSPS) is 18.0. The van der Waals surface area contributed by atoms with E-state index in [4.69, 9.17) is 32.5 Å². The SMILES string of the molecule is COc1cc([C@@H]2COCCCN2c2cc(C)nc(N)n2)c(Cl)cc1N. The summed E-state index contributed by atoms with van der Waals surface area (Å²) in [5, 5.41) is 0.567. The van der Waals surface area contributed by atoms with Crippen LogP contribution in [0.25, 0.3) is 0 Å². The lowest BCUT2D eigenvalue weighted by Gasteiger charge is -2.31. The van der Waals surface area contributed by atoms with E-state index in [2.05, 4.69) is 14.9 Å². The maximum Gasteiger partial charge on any atom is 0.222 e. The smallest absolute Gasteiger partial charge is 0.222 e. The van der Waals surface area contributed by atoms with Crippen LogP contribution >= 0.6 is 11.6 Å². The summed E-state index contributed by atoms with van der Waals surface area (Å²) in [7, 11) is 1.58. The molecule has 8 heteroatoms. The number of methoxy groups -OCH3 is 1. The molecule has 7 nitrogen and oxygen atoms in total. The van der Waals surface area contributed by atoms with Crippen molar-refractivity contribution < 1.29 is 9.47 Å². The minimum absolute atomic E-state index is 0.127. The van der Waals surface area contributed by atoms with E-state index >= 15 is 0 Å². The minimum atomic E-state index is -0.127. The molecule has 0 amide bonds. The third-order valence-electron chi connectivity index (χ3n) is 4.20. The summed E-state index contributed by atoms with van der Waals surface area (Å²) >= 11 is 6.49. The van der Waals surface area contributed by atoms with Crippen LogP contribution in [0, 0.1) is 6.92 Å². The Labute approximate surface area is 151 Å². The van der Waals surface area contributed by atoms with Crippen molar-refractivity contribution in [2.45, 2.75) is 19.4 Å². The van der Waals surface area contributed by atoms with Crippen molar-refractivity contribution in [1.82, 2.24) is 9.97 Å². The highest BCUT2D eigenvalue weighted by molar-refractivity contribution is 6.31. The Balaban J connectivity index is 2.07. The molecule has 0 spiro atoms. The molecule has 0 radical (unpaired) electrons. The lowest BCUT2D eigenvalue weighted by Crippen LogP contribution is -2.32. The second-order valence-corrected chi connectivity index (χ2v) is 6.39. The predicted molar refractivity (Wildman–Crippen MR) is 99.1 cm³/mol. The second-order valence-electron chi connectivity index (χ2n) is 5.98. The van der Waals surface area contributed by atoms with E-state index in [1.165, 1.54) is 0 Å². The maximum absolute atomic E-state index is 6.49. The van der Waals surface area contributed by atoms with Crippen molar-refractivity contribution in [2.75, 3.05) is 43.2 Å². The number of nitrogens with two attached hydrogens (primary N) is 2. The summed E-state index contributed by atoms with van der Waals surface area (Å²) in [5.74, 6) is 1.59. The van der Waals surface area contributed by atoms with Crippen LogP contribution in [-0.2, 0) is 4.74 Å². The Bertz CT molecular complexity index is 751. The Morgan fingerprint density at radius 2 is 2.08 bits per heavy atom. The number of nitrogens with zero attached hydrogens (tertiary/aromatic N) is 3. The van der Waals surface area contributed by atoms with Crippen LogP contribution in [0.5, 0.6) is 5.75 Å². The van der Waals surface area contributed by atoms with Gasteiger partial charge >= 0.3 is 0 Å². The van der Waals surface area contributed by atoms with Gasteiger partial charge in [0.25, 0.3) is 0 Å². The molecule has 1 fully saturated rings. The van der Waals surface area contributed by atoms with Gasteiger partial charge < -0.3 is 25.8 Å². The van der Waals surface area contributed by atoms with E-state index in [0.717, 1.165) is 30.0 Å². The third kappa shape index (κ3) is 3.72. The monoisotopic (exact) mass is 363 g/mol. The van der Waals surface area contributed by atoms with Crippen LogP contribution in [0.15, 0.2) is 18.2 Å². The highest BCUT2D eigenvalue weighted by atomic mass is 35.5. The highest BCUT2D eigenvalue weighted by Gasteiger charge is 2.27. The Morgan fingerprint density at radius 1 is 1.28 bits per heavy atom. The Morgan fingerprint density at radius 3 is 2.80 bits per heavy atom. The average molecular weight is 364 g/mol. The zero-order chi connectivity index (χ0) is 18.0. The Hall–Kier alpha value is -2.25. The molecule has 0 bridgehead atoms. The van der Waals surface area contributed by atoms with E-state index in [1.807, 2.05) is 19.1 Å². The van der Waals surface area contributed by atoms with Crippen molar-refractivity contribution in [3.8, 4) is 5.75 Å². The molecule has 1 aromatic carbocycles. The van der Waals surface area contributed by atoms with Gasteiger partial charge in [0.15, 0.2) is 0 Å². The van der Waals surface area contributed by atoms with E-state index < -0.39 is 0 Å². The first-order valence-corrected chi connectivity index (χ1v) is 8.46. The van der Waals surface area contributed by atoms with Gasteiger partial charge in [-0.25, -0.2) is 4.98 Å². The van der Waals surface area contributed by atoms with Gasteiger partial charge in [-0.05, 0) is 31.0 Å². The molecule has 2 heterocycles. The zero-order valence-electron chi connectivity index (χ0n) is 14.3. The van der Waals surface area contributed by atoms with Gasteiger partial charge in [0.1, 0.15) is 11.6 Å². The lowest BCUT2D eigenvalue weighted by atomic mass is 10.0. The number of benzene rings is 1. The van der Waals surface area contributed by atoms with Crippen LogP contribution in [-0.4, -0.2) is 36.8 Å². The zero-order valence-corrected chi connectivity index (χ0v) is 15.1. The largest absolute Gasteiger partial charge is 0.495 e. The number of aryl methyl sites for hydroxylation is 1. The fourth-order valence-electron chi connectivity index (χ4n) is 3.05. The fraction of sp³-hybridized carbons (Fsp3) is 0.412. The molecule has 4 N–H and O–H groups in total. The van der Waals surface area contributed by atoms with Crippen LogP contribution in [0.2, 0.25) is 5.02 Å². The first kappa shape index (κ1) is 17.6. The van der Waals surface area contributed by atoms with Gasteiger partial charge in [0.2, 0.25) is 5.95 Å². The van der Waals surface area contributed by atoms with Crippen molar-refractivity contribution in [1.29, 1.82) is 0 Å². The minimum Gasteiger partial charge on any atom is -0.495 e. The van der Waals surface area contributed by atoms with Crippen molar-refractivity contribution in [3.63, 3.8) is 0 Å². The van der Waals surface area contributed by atoms with E-state index in [9.17, 15) is 0 Å². The van der Waals surface area contributed by atoms with Gasteiger partial charge in [0.05, 0.1) is 25.4 Å². The molecule has 134 valence electrons. The number of aromatic nitrogens is 2. The first-order chi connectivity index (χ1) is 12.0. The molecule has 1 aliphatic heterocycles. The molecule has 25 heavy (non-hydrogen) atoms. The van der Waals surface area contributed by atoms with Crippen LogP contribution in [0.3, 0.4) is 0 Å². The summed E-state index contributed by atoms with van der Waals surface area (Å²) in [6.45, 7) is 3.82. The van der Waals surface area contributed by atoms with E-state index in [1.54, 1.807) is 13.2 Å². The third-order valence-corrected chi connectivity index (χ3v) is 4.53. The molecular formula is C17H22ClN5O2. The van der Waals surface area contributed by atoms with Gasteiger partial charge in [0, 0.05) is 29.9 Å². The number of hydrogen-bond donors (Lipinski definition) is 2. The molecule has 0 aliphatic carbocycles. The maximum atomic E-state index is 6.49. The summed E-state index contributed by atoms with van der Waals surface area (Å²) in [5.41, 5.74) is 14.0. The average Bonchev–Trinajstić information content (AvgIpc) is 2.80. The molecule has 1 aromatic heterocycles. The number of anilines is 3. The van der Waals surface area contributed by atoms with Crippen molar-refractivity contribution in [2.24, 2.45) is 0 Å². The molecule has 0 saturated carbocycles. The molecule has 1 atom stereocenters. The first-order valence-electron chi connectivity index (χ1n) is 8.08. The molecule has 1 saturated heterocycles. The van der Waals surface area contributed by atoms with Crippen molar-refractivity contribution >= 4 is 29.1 Å². The molecule has 3 rings (SSSR count). The van der Waals surface area contributed by atoms with Crippen molar-refractivity contribution in [3.05, 3.63) is 34.5 Å². The van der Waals surface area contributed by atoms with Crippen LogP contribution in [0.1, 0.15) is 23.7 Å². The molecule has 2 aromatic rings. The molecular weight excluding hydrogens is 342 g/mol. The van der Waals surface area contributed by atoms with E-state index in [0.29, 0.717) is 29.7 Å². The summed E-state index contributed by atoms with van der Waals surface area (Å²) < 4.78 is 11.1. The topological polar surface area (TPSA) is 99.5 Å². The number of hydrogen-bond acceptors (Lipinski definition) is 7. The summed E-state index contributed by atoms with van der Waals surface area (Å²) in [6.07, 6.45) is 0.878. The lowest BCUT2D eigenvalue weighted by molar-refractivity contribution is 0.134. The summed E-state index contributed by atoms with van der Waals surface area (Å²) in [6, 6.07) is 5.36. The number of rotatable bonds is 3.